The number of amides is 2. The van der Waals surface area contributed by atoms with Crippen molar-refractivity contribution in [2.24, 2.45) is 11.7 Å². The summed E-state index contributed by atoms with van der Waals surface area (Å²) in [6, 6.07) is 15.5. The van der Waals surface area contributed by atoms with Crippen molar-refractivity contribution in [2.45, 2.75) is 38.0 Å². The van der Waals surface area contributed by atoms with Crippen LogP contribution in [-0.4, -0.2) is 30.4 Å². The van der Waals surface area contributed by atoms with E-state index >= 15 is 0 Å². The molecule has 1 aliphatic heterocycles. The Kier molecular flexibility index (Phi) is 9.04. The zero-order chi connectivity index (χ0) is 23.6. The Balaban J connectivity index is 1.66. The van der Waals surface area contributed by atoms with Gasteiger partial charge < -0.3 is 21.1 Å². The number of cyclic esters (lactones) is 1. The summed E-state index contributed by atoms with van der Waals surface area (Å²) in [6.45, 7) is 0.439. The highest BCUT2D eigenvalue weighted by atomic mass is 35.5. The summed E-state index contributed by atoms with van der Waals surface area (Å²) in [5.74, 6) is -1.59. The molecule has 0 unspecified atom stereocenters. The maximum atomic E-state index is 12.9. The number of nitrogens with two attached hydrogens (primary N) is 1. The highest BCUT2D eigenvalue weighted by Gasteiger charge is 2.26. The molecule has 0 radical (unpaired) electrons. The topological polar surface area (TPSA) is 111 Å². The summed E-state index contributed by atoms with van der Waals surface area (Å²) in [5.41, 5.74) is 7.63. The minimum Gasteiger partial charge on any atom is -0.454 e. The van der Waals surface area contributed by atoms with E-state index in [2.05, 4.69) is 10.6 Å². The summed E-state index contributed by atoms with van der Waals surface area (Å²) in [4.78, 5) is 37.8. The third kappa shape index (κ3) is 7.73. The summed E-state index contributed by atoms with van der Waals surface area (Å²) >= 11 is 5.89. The van der Waals surface area contributed by atoms with Gasteiger partial charge in [-0.15, -0.1) is 0 Å². The standard InChI is InChI=1S/C25H28ClN3O4/c26-20-12-10-17(11-13-20)15-28-23(30)14-19-8-4-5-9-21(27)25(32)33-22(16-29-24(19)31)18-6-2-1-3-7-18/h1-7,10-13,19,21-22H,8-9,14-16,27H2,(H,28,30)(H,29,31)/b5-4+/t19-,21-,22-/m0/s1. The molecule has 8 heteroatoms. The molecule has 4 N–H and O–H groups in total. The van der Waals surface area contributed by atoms with Crippen LogP contribution in [0.2, 0.25) is 5.02 Å². The van der Waals surface area contributed by atoms with Crippen LogP contribution in [0, 0.1) is 5.92 Å². The van der Waals surface area contributed by atoms with E-state index in [4.69, 9.17) is 22.1 Å². The van der Waals surface area contributed by atoms with Crippen molar-refractivity contribution < 1.29 is 19.1 Å². The molecule has 0 saturated carbocycles. The molecule has 0 bridgehead atoms. The second kappa shape index (κ2) is 12.2. The van der Waals surface area contributed by atoms with Crippen molar-refractivity contribution in [1.29, 1.82) is 0 Å². The van der Waals surface area contributed by atoms with Gasteiger partial charge in [0.2, 0.25) is 11.8 Å². The molecule has 3 atom stereocenters. The zero-order valence-electron chi connectivity index (χ0n) is 18.2. The Labute approximate surface area is 198 Å². The van der Waals surface area contributed by atoms with E-state index in [0.717, 1.165) is 11.1 Å². The number of rotatable bonds is 5. The van der Waals surface area contributed by atoms with Crippen LogP contribution in [0.15, 0.2) is 66.7 Å². The molecule has 0 fully saturated rings. The van der Waals surface area contributed by atoms with E-state index in [1.54, 1.807) is 24.3 Å². The number of halogens is 1. The van der Waals surface area contributed by atoms with Crippen LogP contribution in [0.25, 0.3) is 0 Å². The van der Waals surface area contributed by atoms with Crippen LogP contribution in [0.5, 0.6) is 0 Å². The lowest BCUT2D eigenvalue weighted by Crippen LogP contribution is -2.39. The largest absolute Gasteiger partial charge is 0.454 e. The molecule has 0 aliphatic carbocycles. The number of ether oxygens (including phenoxy) is 1. The van der Waals surface area contributed by atoms with E-state index in [9.17, 15) is 14.4 Å². The molecule has 7 nitrogen and oxygen atoms in total. The van der Waals surface area contributed by atoms with Crippen LogP contribution in [-0.2, 0) is 25.7 Å². The second-order valence-corrected chi connectivity index (χ2v) is 8.37. The molecule has 2 aromatic carbocycles. The lowest BCUT2D eigenvalue weighted by molar-refractivity contribution is -0.151. The van der Waals surface area contributed by atoms with Crippen LogP contribution in [0.1, 0.15) is 36.5 Å². The van der Waals surface area contributed by atoms with E-state index in [-0.39, 0.29) is 31.2 Å². The monoisotopic (exact) mass is 469 g/mol. The Bertz CT molecular complexity index is 979. The summed E-state index contributed by atoms with van der Waals surface area (Å²) in [5, 5.41) is 6.30. The number of hydrogen-bond acceptors (Lipinski definition) is 5. The maximum Gasteiger partial charge on any atom is 0.323 e. The molecule has 1 heterocycles. The number of nitrogens with one attached hydrogen (secondary N) is 2. The maximum absolute atomic E-state index is 12.9. The fraction of sp³-hybridized carbons (Fsp3) is 0.320. The molecular weight excluding hydrogens is 442 g/mol. The van der Waals surface area contributed by atoms with Crippen molar-refractivity contribution in [3.8, 4) is 0 Å². The van der Waals surface area contributed by atoms with Crippen molar-refractivity contribution in [1.82, 2.24) is 10.6 Å². The van der Waals surface area contributed by atoms with Gasteiger partial charge in [-0.05, 0) is 36.1 Å². The van der Waals surface area contributed by atoms with E-state index in [0.29, 0.717) is 18.0 Å². The number of carbonyl (C=O) groups excluding carboxylic acids is 3. The number of benzene rings is 2. The Morgan fingerprint density at radius 3 is 2.48 bits per heavy atom. The van der Waals surface area contributed by atoms with Gasteiger partial charge in [0.1, 0.15) is 12.1 Å². The van der Waals surface area contributed by atoms with Crippen molar-refractivity contribution in [3.63, 3.8) is 0 Å². The van der Waals surface area contributed by atoms with E-state index in [1.165, 1.54) is 0 Å². The molecule has 33 heavy (non-hydrogen) atoms. The lowest BCUT2D eigenvalue weighted by atomic mass is 9.98. The fourth-order valence-corrected chi connectivity index (χ4v) is 3.57. The Hall–Kier alpha value is -3.16. The first-order valence-corrected chi connectivity index (χ1v) is 11.2. The normalized spacial score (nSPS) is 22.8. The average molecular weight is 470 g/mol. The van der Waals surface area contributed by atoms with Crippen LogP contribution in [0.4, 0.5) is 0 Å². The zero-order valence-corrected chi connectivity index (χ0v) is 19.0. The van der Waals surface area contributed by atoms with Gasteiger partial charge in [0, 0.05) is 18.0 Å². The highest BCUT2D eigenvalue weighted by molar-refractivity contribution is 6.30. The molecule has 0 saturated heterocycles. The first-order valence-electron chi connectivity index (χ1n) is 10.9. The summed E-state index contributed by atoms with van der Waals surface area (Å²) < 4.78 is 5.58. The third-order valence-electron chi connectivity index (χ3n) is 5.38. The molecule has 0 spiro atoms. The SMILES string of the molecule is N[C@H]1C/C=C/C[C@@H](CC(=O)NCc2ccc(Cl)cc2)C(=O)NC[C@@H](c2ccccc2)OC1=O. The Morgan fingerprint density at radius 2 is 1.76 bits per heavy atom. The van der Waals surface area contributed by atoms with E-state index < -0.39 is 24.0 Å². The molecule has 0 aromatic heterocycles. The van der Waals surface area contributed by atoms with Gasteiger partial charge in [-0.2, -0.15) is 0 Å². The van der Waals surface area contributed by atoms with Gasteiger partial charge in [-0.25, -0.2) is 0 Å². The first kappa shape index (κ1) is 24.5. The first-order chi connectivity index (χ1) is 15.9. The lowest BCUT2D eigenvalue weighted by Gasteiger charge is -2.23. The fourth-order valence-electron chi connectivity index (χ4n) is 3.44. The van der Waals surface area contributed by atoms with Crippen molar-refractivity contribution >= 4 is 29.4 Å². The smallest absolute Gasteiger partial charge is 0.323 e. The van der Waals surface area contributed by atoms with Crippen molar-refractivity contribution in [3.05, 3.63) is 82.9 Å². The number of esters is 1. The number of hydrogen-bond donors (Lipinski definition) is 3. The number of allylic oxidation sites excluding steroid dienone is 1. The molecule has 1 aliphatic rings. The van der Waals surface area contributed by atoms with Gasteiger partial charge in [0.05, 0.1) is 12.5 Å². The van der Waals surface area contributed by atoms with E-state index in [1.807, 2.05) is 42.5 Å². The minimum absolute atomic E-state index is 0.0333. The van der Waals surface area contributed by atoms with Crippen molar-refractivity contribution in [2.75, 3.05) is 6.54 Å². The third-order valence-corrected chi connectivity index (χ3v) is 5.63. The van der Waals surface area contributed by atoms with Gasteiger partial charge in [-0.3, -0.25) is 14.4 Å². The highest BCUT2D eigenvalue weighted by Crippen LogP contribution is 2.19. The molecule has 2 aromatic rings. The van der Waals surface area contributed by atoms with Gasteiger partial charge in [0.15, 0.2) is 0 Å². The minimum atomic E-state index is -0.802. The molecular formula is C25H28ClN3O4. The summed E-state index contributed by atoms with van der Waals surface area (Å²) in [7, 11) is 0. The molecule has 174 valence electrons. The second-order valence-electron chi connectivity index (χ2n) is 7.93. The van der Waals surface area contributed by atoms with Gasteiger partial charge >= 0.3 is 5.97 Å². The van der Waals surface area contributed by atoms with Gasteiger partial charge in [0.25, 0.3) is 0 Å². The number of carbonyl (C=O) groups is 3. The predicted molar refractivity (Wildman–Crippen MR) is 126 cm³/mol. The van der Waals surface area contributed by atoms with Crippen LogP contribution >= 0.6 is 11.6 Å². The molecule has 3 rings (SSSR count). The Morgan fingerprint density at radius 1 is 1.06 bits per heavy atom. The summed E-state index contributed by atoms with van der Waals surface area (Å²) in [6.07, 6.45) is 3.54. The average Bonchev–Trinajstić information content (AvgIpc) is 2.82. The quantitative estimate of drug-likeness (QED) is 0.460. The van der Waals surface area contributed by atoms with Crippen LogP contribution < -0.4 is 16.4 Å². The predicted octanol–water partition coefficient (Wildman–Crippen LogP) is 3.04. The van der Waals surface area contributed by atoms with Gasteiger partial charge in [-0.1, -0.05) is 66.2 Å². The van der Waals surface area contributed by atoms with Crippen LogP contribution in [0.3, 0.4) is 0 Å². The molecule has 2 amide bonds.